The Morgan fingerprint density at radius 2 is 1.81 bits per heavy atom. The number of amides is 1. The van der Waals surface area contributed by atoms with Crippen LogP contribution in [0, 0.1) is 13.8 Å². The topological polar surface area (TPSA) is 87.4 Å². The molecular formula is C24H24N4O4. The molecule has 2 heterocycles. The van der Waals surface area contributed by atoms with Crippen molar-refractivity contribution in [2.75, 3.05) is 19.5 Å². The van der Waals surface area contributed by atoms with Crippen LogP contribution >= 0.6 is 0 Å². The van der Waals surface area contributed by atoms with E-state index in [2.05, 4.69) is 10.3 Å². The van der Waals surface area contributed by atoms with Crippen molar-refractivity contribution in [3.63, 3.8) is 0 Å². The number of ether oxygens (including phenoxy) is 2. The standard InChI is InChI=1S/C24H24N4O4/c1-15-16(2)28(17-8-6-5-7-9-17)23-22(15)24(30)27(14-25-23)13-21(29)26-19-12-18(31-3)10-11-20(19)32-4/h5-12,14H,13H2,1-4H3,(H,26,29). The molecule has 8 heteroatoms. The monoisotopic (exact) mass is 432 g/mol. The second-order valence-corrected chi connectivity index (χ2v) is 7.37. The minimum Gasteiger partial charge on any atom is -0.497 e. The van der Waals surface area contributed by atoms with E-state index in [-0.39, 0.29) is 18.0 Å². The molecule has 0 saturated heterocycles. The lowest BCUT2D eigenvalue weighted by Gasteiger charge is -2.12. The predicted octanol–water partition coefficient (Wildman–Crippen LogP) is 3.46. The van der Waals surface area contributed by atoms with E-state index in [4.69, 9.17) is 9.47 Å². The van der Waals surface area contributed by atoms with Gasteiger partial charge in [0.2, 0.25) is 5.91 Å². The summed E-state index contributed by atoms with van der Waals surface area (Å²) in [5, 5.41) is 3.28. The highest BCUT2D eigenvalue weighted by Crippen LogP contribution is 2.29. The maximum atomic E-state index is 13.2. The van der Waals surface area contributed by atoms with Crippen molar-refractivity contribution in [2.24, 2.45) is 0 Å². The highest BCUT2D eigenvalue weighted by molar-refractivity contribution is 5.92. The summed E-state index contributed by atoms with van der Waals surface area (Å²) in [5.41, 5.74) is 3.46. The lowest BCUT2D eigenvalue weighted by Crippen LogP contribution is -2.28. The number of nitrogens with one attached hydrogen (secondary N) is 1. The van der Waals surface area contributed by atoms with Gasteiger partial charge < -0.3 is 14.8 Å². The molecule has 164 valence electrons. The van der Waals surface area contributed by atoms with Gasteiger partial charge >= 0.3 is 0 Å². The second-order valence-electron chi connectivity index (χ2n) is 7.37. The first-order valence-electron chi connectivity index (χ1n) is 10.1. The van der Waals surface area contributed by atoms with Crippen LogP contribution in [0.5, 0.6) is 11.5 Å². The van der Waals surface area contributed by atoms with Gasteiger partial charge in [-0.05, 0) is 43.7 Å². The molecular weight excluding hydrogens is 408 g/mol. The van der Waals surface area contributed by atoms with Crippen LogP contribution in [0.25, 0.3) is 16.7 Å². The number of carbonyl (C=O) groups excluding carboxylic acids is 1. The molecule has 8 nitrogen and oxygen atoms in total. The van der Waals surface area contributed by atoms with E-state index in [0.29, 0.717) is 28.2 Å². The van der Waals surface area contributed by atoms with Crippen molar-refractivity contribution in [1.29, 1.82) is 0 Å². The van der Waals surface area contributed by atoms with Crippen LogP contribution in [-0.4, -0.2) is 34.2 Å². The lowest BCUT2D eigenvalue weighted by atomic mass is 10.2. The van der Waals surface area contributed by atoms with Crippen LogP contribution in [0.1, 0.15) is 11.3 Å². The number of nitrogens with zero attached hydrogens (tertiary/aromatic N) is 3. The van der Waals surface area contributed by atoms with Gasteiger partial charge in [-0.25, -0.2) is 4.98 Å². The summed E-state index contributed by atoms with van der Waals surface area (Å²) in [6.45, 7) is 3.67. The number of para-hydroxylation sites is 1. The zero-order valence-corrected chi connectivity index (χ0v) is 18.4. The number of hydrogen-bond acceptors (Lipinski definition) is 5. The summed E-state index contributed by atoms with van der Waals surface area (Å²) in [6.07, 6.45) is 1.41. The first-order valence-corrected chi connectivity index (χ1v) is 10.1. The predicted molar refractivity (Wildman–Crippen MR) is 123 cm³/mol. The minimum atomic E-state index is -0.378. The Hall–Kier alpha value is -4.07. The van der Waals surface area contributed by atoms with Gasteiger partial charge in [0.1, 0.15) is 24.4 Å². The molecule has 0 spiro atoms. The average Bonchev–Trinajstić information content (AvgIpc) is 3.06. The second kappa shape index (κ2) is 8.58. The van der Waals surface area contributed by atoms with Gasteiger partial charge in [0.25, 0.3) is 5.56 Å². The van der Waals surface area contributed by atoms with Crippen molar-refractivity contribution in [3.05, 3.63) is 76.5 Å². The Morgan fingerprint density at radius 3 is 2.50 bits per heavy atom. The summed E-state index contributed by atoms with van der Waals surface area (Å²) >= 11 is 0. The average molecular weight is 432 g/mol. The molecule has 0 bridgehead atoms. The van der Waals surface area contributed by atoms with E-state index in [0.717, 1.165) is 16.9 Å². The van der Waals surface area contributed by atoms with Crippen LogP contribution in [0.15, 0.2) is 59.7 Å². The van der Waals surface area contributed by atoms with Gasteiger partial charge in [0.15, 0.2) is 5.65 Å². The Bertz CT molecular complexity index is 1360. The Morgan fingerprint density at radius 1 is 1.06 bits per heavy atom. The molecule has 32 heavy (non-hydrogen) atoms. The van der Waals surface area contributed by atoms with Gasteiger partial charge in [-0.1, -0.05) is 18.2 Å². The van der Waals surface area contributed by atoms with E-state index in [1.165, 1.54) is 18.0 Å². The molecule has 0 unspecified atom stereocenters. The zero-order valence-electron chi connectivity index (χ0n) is 18.4. The fourth-order valence-electron chi connectivity index (χ4n) is 3.75. The van der Waals surface area contributed by atoms with Crippen molar-refractivity contribution in [3.8, 4) is 17.2 Å². The third kappa shape index (κ3) is 3.71. The fraction of sp³-hybridized carbons (Fsp3) is 0.208. The number of anilines is 1. The van der Waals surface area contributed by atoms with Gasteiger partial charge in [-0.2, -0.15) is 0 Å². The molecule has 0 atom stereocenters. The van der Waals surface area contributed by atoms with Crippen molar-refractivity contribution < 1.29 is 14.3 Å². The molecule has 0 aliphatic carbocycles. The van der Waals surface area contributed by atoms with Gasteiger partial charge in [-0.3, -0.25) is 18.7 Å². The number of hydrogen-bond donors (Lipinski definition) is 1. The van der Waals surface area contributed by atoms with Crippen molar-refractivity contribution in [2.45, 2.75) is 20.4 Å². The van der Waals surface area contributed by atoms with E-state index in [1.54, 1.807) is 25.3 Å². The number of methoxy groups -OCH3 is 2. The van der Waals surface area contributed by atoms with Crippen LogP contribution in [0.3, 0.4) is 0 Å². The highest BCUT2D eigenvalue weighted by Gasteiger charge is 2.19. The lowest BCUT2D eigenvalue weighted by molar-refractivity contribution is -0.116. The third-order valence-corrected chi connectivity index (χ3v) is 5.49. The molecule has 4 rings (SSSR count). The number of aryl methyl sites for hydroxylation is 1. The van der Waals surface area contributed by atoms with E-state index in [9.17, 15) is 9.59 Å². The molecule has 1 N–H and O–H groups in total. The molecule has 0 aliphatic heterocycles. The molecule has 1 amide bonds. The summed E-state index contributed by atoms with van der Waals surface area (Å²) in [4.78, 5) is 30.5. The molecule has 0 radical (unpaired) electrons. The van der Waals surface area contributed by atoms with Gasteiger partial charge in [0.05, 0.1) is 25.3 Å². The Kier molecular flexibility index (Phi) is 5.68. The number of carbonyl (C=O) groups is 1. The largest absolute Gasteiger partial charge is 0.497 e. The number of rotatable bonds is 6. The first-order chi connectivity index (χ1) is 15.4. The third-order valence-electron chi connectivity index (χ3n) is 5.49. The van der Waals surface area contributed by atoms with E-state index in [1.807, 2.05) is 48.7 Å². The van der Waals surface area contributed by atoms with Gasteiger partial charge in [0, 0.05) is 17.4 Å². The highest BCUT2D eigenvalue weighted by atomic mass is 16.5. The molecule has 0 fully saturated rings. The van der Waals surface area contributed by atoms with Gasteiger partial charge in [-0.15, -0.1) is 0 Å². The summed E-state index contributed by atoms with van der Waals surface area (Å²) < 4.78 is 13.8. The number of aromatic nitrogens is 3. The zero-order chi connectivity index (χ0) is 22.8. The van der Waals surface area contributed by atoms with Crippen LogP contribution in [0.2, 0.25) is 0 Å². The summed E-state index contributed by atoms with van der Waals surface area (Å²) in [7, 11) is 3.06. The molecule has 0 aliphatic rings. The number of fused-ring (bicyclic) bond motifs is 1. The molecule has 2 aromatic heterocycles. The fourth-order valence-corrected chi connectivity index (χ4v) is 3.75. The Labute approximate surface area is 185 Å². The maximum Gasteiger partial charge on any atom is 0.263 e. The first kappa shape index (κ1) is 21.2. The smallest absolute Gasteiger partial charge is 0.263 e. The SMILES string of the molecule is COc1ccc(OC)c(NC(=O)Cn2cnc3c(c(C)c(C)n3-c3ccccc3)c2=O)c1. The van der Waals surface area contributed by atoms with E-state index >= 15 is 0 Å². The van der Waals surface area contributed by atoms with Crippen molar-refractivity contribution in [1.82, 2.24) is 14.1 Å². The number of benzene rings is 2. The maximum absolute atomic E-state index is 13.2. The molecule has 2 aromatic carbocycles. The minimum absolute atomic E-state index is 0.183. The summed E-state index contributed by atoms with van der Waals surface area (Å²) in [6, 6.07) is 14.8. The molecule has 0 saturated carbocycles. The normalized spacial score (nSPS) is 10.9. The quantitative estimate of drug-likeness (QED) is 0.504. The van der Waals surface area contributed by atoms with E-state index < -0.39 is 0 Å². The molecule has 4 aromatic rings. The Balaban J connectivity index is 1.68. The summed E-state index contributed by atoms with van der Waals surface area (Å²) in [5.74, 6) is 0.692. The van der Waals surface area contributed by atoms with Crippen LogP contribution in [0.4, 0.5) is 5.69 Å². The van der Waals surface area contributed by atoms with Crippen molar-refractivity contribution >= 4 is 22.6 Å². The van der Waals surface area contributed by atoms with Crippen LogP contribution < -0.4 is 20.3 Å². The van der Waals surface area contributed by atoms with Crippen LogP contribution in [-0.2, 0) is 11.3 Å².